The number of aryl methyl sites for hydroxylation is 8. The number of nitrogens with one attached hydrogen (secondary N) is 8. The SMILES string of the molecule is CCc1ccc(C(C)(C)NC(C)(C)C)cc1.CCc1ccc(C2(NC(C)(C)C)CC2)cc1.CCc1ccc(NC(C)(C)C)cc1.CCc1ccc(NC(C)(C)C)cc1.CCc1ccc([C@@H](C)NC(C)(C)C)cc1.CCc1ccc([C@H](C)NC(C)(C)C)cc1.CCc1cccc(NC(C)(C)C)c1.CCc1cccc(NC(C)(C)C)c1.CF.CF. The molecule has 0 bridgehead atoms. The Morgan fingerprint density at radius 1 is 0.271 bits per heavy atom. The number of anilines is 4. The van der Waals surface area contributed by atoms with E-state index in [1.165, 1.54) is 102 Å². The van der Waals surface area contributed by atoms with Crippen LogP contribution in [0.25, 0.3) is 0 Å². The van der Waals surface area contributed by atoms with Crippen molar-refractivity contribution in [2.24, 2.45) is 0 Å². The van der Waals surface area contributed by atoms with Gasteiger partial charge in [-0.1, -0.05) is 201 Å². The van der Waals surface area contributed by atoms with Gasteiger partial charge in [0.25, 0.3) is 0 Å². The number of alkyl halides is 2. The molecule has 1 aliphatic carbocycles. The Morgan fingerprint density at radius 3 is 0.746 bits per heavy atom. The highest BCUT2D eigenvalue weighted by atomic mass is 19.1. The summed E-state index contributed by atoms with van der Waals surface area (Å²) >= 11 is 0. The van der Waals surface area contributed by atoms with E-state index in [1.807, 2.05) is 0 Å². The Labute approximate surface area is 726 Å². The molecule has 0 aliphatic heterocycles. The van der Waals surface area contributed by atoms with E-state index in [1.54, 1.807) is 0 Å². The van der Waals surface area contributed by atoms with Crippen molar-refractivity contribution in [3.8, 4) is 0 Å². The van der Waals surface area contributed by atoms with Gasteiger partial charge in [0.15, 0.2) is 0 Å². The van der Waals surface area contributed by atoms with Gasteiger partial charge in [-0.25, -0.2) is 0 Å². The van der Waals surface area contributed by atoms with Crippen LogP contribution >= 0.6 is 0 Å². The standard InChI is InChI=1S/C15H23N.C15H25N.2C14H23N.4C12H19N.2CH3F/c1-5-12-6-8-13(9-7-12)15(10-11-15)16-14(2,3)4;1-7-12-8-10-13(11-9-12)15(5,6)16-14(2,3)4;2*1-6-12-7-9-13(10-8-12)11(2)15-14(3,4)5;2*1-5-10-6-8-11(9-7-10)13-12(2,3)4;2*1-5-10-7-6-8-11(9-10)13-12(2,3)4;2*1-2/h6-9,16H,5,10-11H2,1-4H3;8-11,16H,7H2,1-6H3;2*7-11,15H,6H2,1-5H3;4*6-9,13H,5H2,1-4H3;2*1H3/t;;2*11-;;;;;;/m..10....../s1. The van der Waals surface area contributed by atoms with E-state index in [4.69, 9.17) is 0 Å². The molecule has 1 fully saturated rings. The maximum Gasteiger partial charge on any atom is 0.0785 e. The van der Waals surface area contributed by atoms with Crippen molar-refractivity contribution in [3.63, 3.8) is 0 Å². The summed E-state index contributed by atoms with van der Waals surface area (Å²) in [4.78, 5) is 0. The number of halogens is 2. The fourth-order valence-corrected chi connectivity index (χ4v) is 13.2. The summed E-state index contributed by atoms with van der Waals surface area (Å²) in [5.74, 6) is 0. The molecule has 9 rings (SSSR count). The van der Waals surface area contributed by atoms with Crippen LogP contribution in [-0.2, 0) is 62.4 Å². The van der Waals surface area contributed by atoms with E-state index in [-0.39, 0.29) is 55.4 Å². The monoisotopic (exact) mass is 1620 g/mol. The fourth-order valence-electron chi connectivity index (χ4n) is 13.2. The Balaban J connectivity index is 0.00000132. The lowest BCUT2D eigenvalue weighted by Crippen LogP contribution is -2.48. The minimum atomic E-state index is 0.0184. The maximum atomic E-state index is 9.50. The molecule has 662 valence electrons. The predicted octanol–water partition coefficient (Wildman–Crippen LogP) is 29.9. The summed E-state index contributed by atoms with van der Waals surface area (Å²) in [6.45, 7) is 78.9. The molecular weight excluding hydrogens is 1450 g/mol. The van der Waals surface area contributed by atoms with Crippen LogP contribution in [0.2, 0.25) is 0 Å². The maximum absolute atomic E-state index is 9.50. The molecule has 0 spiro atoms. The van der Waals surface area contributed by atoms with Gasteiger partial charge in [-0.05, 0) is 373 Å². The molecule has 8 aromatic carbocycles. The van der Waals surface area contributed by atoms with Crippen molar-refractivity contribution in [3.05, 3.63) is 261 Å². The Hall–Kier alpha value is -7.34. The molecule has 8 N–H and O–H groups in total. The molecule has 1 saturated carbocycles. The second kappa shape index (κ2) is 52.8. The second-order valence-corrected chi connectivity index (χ2v) is 40.2. The fraction of sp³-hybridized carbons (Fsp3) is 0.556. The first-order valence-corrected chi connectivity index (χ1v) is 44.3. The second-order valence-electron chi connectivity index (χ2n) is 40.2. The molecule has 1 aliphatic rings. The topological polar surface area (TPSA) is 96.2 Å². The van der Waals surface area contributed by atoms with Crippen molar-refractivity contribution >= 4 is 22.7 Å². The molecule has 0 heterocycles. The van der Waals surface area contributed by atoms with Crippen LogP contribution in [0, 0.1) is 0 Å². The van der Waals surface area contributed by atoms with E-state index in [0.29, 0.717) is 26.4 Å². The third-order valence-electron chi connectivity index (χ3n) is 18.6. The van der Waals surface area contributed by atoms with E-state index in [2.05, 4.69) is 486 Å². The largest absolute Gasteiger partial charge is 0.380 e. The van der Waals surface area contributed by atoms with Gasteiger partial charge in [-0.3, -0.25) is 8.78 Å². The average molecular weight is 1620 g/mol. The molecule has 0 radical (unpaired) electrons. The molecular formula is C108H176F2N8. The first-order chi connectivity index (χ1) is 54.6. The zero-order chi connectivity index (χ0) is 90.7. The van der Waals surface area contributed by atoms with E-state index in [0.717, 1.165) is 51.4 Å². The normalized spacial score (nSPS) is 12.9. The lowest BCUT2D eigenvalue weighted by atomic mass is 9.90. The van der Waals surface area contributed by atoms with Crippen LogP contribution in [0.4, 0.5) is 31.5 Å². The number of benzene rings is 8. The van der Waals surface area contributed by atoms with Gasteiger partial charge in [0.1, 0.15) is 0 Å². The molecule has 8 aromatic rings. The van der Waals surface area contributed by atoms with Crippen LogP contribution in [0.5, 0.6) is 0 Å². The molecule has 8 nitrogen and oxygen atoms in total. The third kappa shape index (κ3) is 52.0. The number of rotatable bonds is 20. The molecule has 0 aromatic heterocycles. The van der Waals surface area contributed by atoms with Crippen LogP contribution < -0.4 is 42.5 Å². The van der Waals surface area contributed by atoms with Gasteiger partial charge in [-0.15, -0.1) is 0 Å². The third-order valence-corrected chi connectivity index (χ3v) is 18.6. The van der Waals surface area contributed by atoms with Crippen LogP contribution in [0.15, 0.2) is 194 Å². The Bertz CT molecular complexity index is 3630. The number of hydrogen-bond acceptors (Lipinski definition) is 8. The summed E-state index contributed by atoms with van der Waals surface area (Å²) in [5, 5.41) is 28.3. The van der Waals surface area contributed by atoms with Crippen molar-refractivity contribution in [2.45, 2.75) is 381 Å². The summed E-state index contributed by atoms with van der Waals surface area (Å²) in [6.07, 6.45) is 11.4. The van der Waals surface area contributed by atoms with Gasteiger partial charge in [0.05, 0.1) is 14.4 Å². The first kappa shape index (κ1) is 111. The summed E-state index contributed by atoms with van der Waals surface area (Å²) in [5.41, 5.74) is 23.1. The van der Waals surface area contributed by atoms with E-state index in [9.17, 15) is 8.78 Å². The minimum absolute atomic E-state index is 0.0184. The zero-order valence-corrected chi connectivity index (χ0v) is 82.5. The van der Waals surface area contributed by atoms with Crippen LogP contribution in [0.1, 0.15) is 341 Å². The summed E-state index contributed by atoms with van der Waals surface area (Å²) in [7, 11) is 1.00. The minimum Gasteiger partial charge on any atom is -0.380 e. The number of hydrogen-bond donors (Lipinski definition) is 8. The van der Waals surface area contributed by atoms with Gasteiger partial charge >= 0.3 is 0 Å². The van der Waals surface area contributed by atoms with Gasteiger partial charge in [0, 0.05) is 90.2 Å². The molecule has 0 unspecified atom stereocenters. The molecule has 0 saturated heterocycles. The van der Waals surface area contributed by atoms with Crippen molar-refractivity contribution in [1.82, 2.24) is 21.3 Å². The Kier molecular flexibility index (Phi) is 49.5. The van der Waals surface area contributed by atoms with Crippen molar-refractivity contribution in [2.75, 3.05) is 35.6 Å². The van der Waals surface area contributed by atoms with Gasteiger partial charge in [0.2, 0.25) is 0 Å². The predicted molar refractivity (Wildman–Crippen MR) is 526 cm³/mol. The van der Waals surface area contributed by atoms with Gasteiger partial charge < -0.3 is 42.5 Å². The lowest BCUT2D eigenvalue weighted by Gasteiger charge is -2.35. The zero-order valence-electron chi connectivity index (χ0n) is 82.5. The molecule has 2 atom stereocenters. The summed E-state index contributed by atoms with van der Waals surface area (Å²) < 4.78 is 19.0. The van der Waals surface area contributed by atoms with E-state index < -0.39 is 0 Å². The smallest absolute Gasteiger partial charge is 0.0785 e. The van der Waals surface area contributed by atoms with Crippen molar-refractivity contribution in [1.29, 1.82) is 0 Å². The molecule has 10 heteroatoms. The molecule has 0 amide bonds. The average Bonchev–Trinajstić information content (AvgIpc) is 1.61. The Morgan fingerprint density at radius 2 is 0.517 bits per heavy atom. The van der Waals surface area contributed by atoms with Gasteiger partial charge in [-0.2, -0.15) is 0 Å². The first-order valence-electron chi connectivity index (χ1n) is 44.3. The van der Waals surface area contributed by atoms with Crippen LogP contribution in [0.3, 0.4) is 0 Å². The van der Waals surface area contributed by atoms with Crippen molar-refractivity contribution < 1.29 is 8.78 Å². The lowest BCUT2D eigenvalue weighted by molar-refractivity contribution is 0.286. The highest BCUT2D eigenvalue weighted by molar-refractivity contribution is 5.50. The van der Waals surface area contributed by atoms with E-state index >= 15 is 0 Å². The quantitative estimate of drug-likeness (QED) is 0.0383. The van der Waals surface area contributed by atoms with Crippen LogP contribution in [-0.4, -0.2) is 58.7 Å². The summed E-state index contributed by atoms with van der Waals surface area (Å²) in [6, 6.07) is 71.1. The molecule has 118 heavy (non-hydrogen) atoms. The highest BCUT2D eigenvalue weighted by Crippen LogP contribution is 2.47. The highest BCUT2D eigenvalue weighted by Gasteiger charge is 2.46.